The normalized spacial score (nSPS) is 21.3. The van der Waals surface area contributed by atoms with E-state index in [1.165, 1.54) is 0 Å². The molecule has 1 unspecified atom stereocenters. The average molecular weight is 416 g/mol. The molecule has 1 fully saturated rings. The predicted octanol–water partition coefficient (Wildman–Crippen LogP) is 4.14. The molecular weight excluding hydrogens is 394 g/mol. The summed E-state index contributed by atoms with van der Waals surface area (Å²) in [6.07, 6.45) is 2.19. The second kappa shape index (κ2) is 7.41. The molecule has 26 heavy (non-hydrogen) atoms. The van der Waals surface area contributed by atoms with Gasteiger partial charge in [-0.25, -0.2) is 0 Å². The molecule has 2 heterocycles. The second-order valence-corrected chi connectivity index (χ2v) is 7.82. The van der Waals surface area contributed by atoms with Crippen LogP contribution >= 0.6 is 15.9 Å². The van der Waals surface area contributed by atoms with Gasteiger partial charge in [0.15, 0.2) is 0 Å². The van der Waals surface area contributed by atoms with Gasteiger partial charge in [-0.1, -0.05) is 46.3 Å². The molecule has 2 aromatic carbocycles. The van der Waals surface area contributed by atoms with Crippen molar-refractivity contribution in [1.82, 2.24) is 5.32 Å². The first kappa shape index (κ1) is 17.6. The zero-order chi connectivity index (χ0) is 18.0. The van der Waals surface area contributed by atoms with Crippen molar-refractivity contribution in [3.05, 3.63) is 64.1 Å². The van der Waals surface area contributed by atoms with Crippen LogP contribution in [0.5, 0.6) is 5.75 Å². The van der Waals surface area contributed by atoms with Gasteiger partial charge in [-0.2, -0.15) is 0 Å². The standard InChI is InChI=1S/C21H22BrNO3/c22-16-7-5-15(6-8-16)21(10-13-25-14-11-21)20(24)23-18-9-12-26-19-4-2-1-3-17(18)19/h1-8,18H,9-14H2,(H,23,24). The van der Waals surface area contributed by atoms with Crippen molar-refractivity contribution in [3.8, 4) is 5.75 Å². The highest BCUT2D eigenvalue weighted by atomic mass is 79.9. The van der Waals surface area contributed by atoms with E-state index in [9.17, 15) is 4.79 Å². The molecule has 1 amide bonds. The fourth-order valence-corrected chi connectivity index (χ4v) is 4.19. The zero-order valence-electron chi connectivity index (χ0n) is 14.5. The highest BCUT2D eigenvalue weighted by Crippen LogP contribution is 2.38. The molecule has 1 saturated heterocycles. The van der Waals surface area contributed by atoms with Gasteiger partial charge in [-0.05, 0) is 36.6 Å². The molecule has 5 heteroatoms. The first-order valence-corrected chi connectivity index (χ1v) is 9.85. The lowest BCUT2D eigenvalue weighted by atomic mass is 9.73. The minimum Gasteiger partial charge on any atom is -0.493 e. The summed E-state index contributed by atoms with van der Waals surface area (Å²) in [5.41, 5.74) is 1.58. The largest absolute Gasteiger partial charge is 0.493 e. The Hall–Kier alpha value is -1.85. The third kappa shape index (κ3) is 3.26. The van der Waals surface area contributed by atoms with Crippen molar-refractivity contribution >= 4 is 21.8 Å². The molecule has 2 aliphatic heterocycles. The molecule has 1 atom stereocenters. The molecule has 0 saturated carbocycles. The number of hydrogen-bond donors (Lipinski definition) is 1. The van der Waals surface area contributed by atoms with Crippen LogP contribution in [0.15, 0.2) is 53.0 Å². The molecule has 0 bridgehead atoms. The van der Waals surface area contributed by atoms with Gasteiger partial charge in [0.2, 0.25) is 5.91 Å². The van der Waals surface area contributed by atoms with Gasteiger partial charge in [0, 0.05) is 29.7 Å². The van der Waals surface area contributed by atoms with Gasteiger partial charge in [0.05, 0.1) is 18.1 Å². The molecular formula is C21H22BrNO3. The van der Waals surface area contributed by atoms with Crippen molar-refractivity contribution in [1.29, 1.82) is 0 Å². The van der Waals surface area contributed by atoms with Crippen LogP contribution < -0.4 is 10.1 Å². The number of benzene rings is 2. The number of rotatable bonds is 3. The minimum absolute atomic E-state index is 0.0115. The summed E-state index contributed by atoms with van der Waals surface area (Å²) in [7, 11) is 0. The fraction of sp³-hybridized carbons (Fsp3) is 0.381. The van der Waals surface area contributed by atoms with Crippen LogP contribution in [-0.2, 0) is 14.9 Å². The summed E-state index contributed by atoms with van der Waals surface area (Å²) in [4.78, 5) is 13.5. The van der Waals surface area contributed by atoms with Crippen LogP contribution in [0.25, 0.3) is 0 Å². The SMILES string of the molecule is O=C(NC1CCOc2ccccc21)C1(c2ccc(Br)cc2)CCOCC1. The van der Waals surface area contributed by atoms with Gasteiger partial charge < -0.3 is 14.8 Å². The highest BCUT2D eigenvalue weighted by molar-refractivity contribution is 9.10. The number of ether oxygens (including phenoxy) is 2. The molecule has 2 aliphatic rings. The van der Waals surface area contributed by atoms with Gasteiger partial charge in [0.25, 0.3) is 0 Å². The second-order valence-electron chi connectivity index (χ2n) is 6.90. The van der Waals surface area contributed by atoms with E-state index in [1.807, 2.05) is 48.5 Å². The molecule has 4 rings (SSSR count). The monoisotopic (exact) mass is 415 g/mol. The summed E-state index contributed by atoms with van der Waals surface area (Å²) >= 11 is 3.48. The molecule has 0 spiro atoms. The lowest BCUT2D eigenvalue weighted by Gasteiger charge is -2.38. The maximum absolute atomic E-state index is 13.5. The lowest BCUT2D eigenvalue weighted by Crippen LogP contribution is -2.49. The topological polar surface area (TPSA) is 47.6 Å². The van der Waals surface area contributed by atoms with Crippen LogP contribution in [-0.4, -0.2) is 25.7 Å². The number of fused-ring (bicyclic) bond motifs is 1. The van der Waals surface area contributed by atoms with E-state index in [0.29, 0.717) is 32.7 Å². The molecule has 136 valence electrons. The van der Waals surface area contributed by atoms with Crippen LogP contribution in [0, 0.1) is 0 Å². The summed E-state index contributed by atoms with van der Waals surface area (Å²) in [6.45, 7) is 1.83. The molecule has 2 aromatic rings. The Bertz CT molecular complexity index is 784. The summed E-state index contributed by atoms with van der Waals surface area (Å²) in [5.74, 6) is 0.957. The van der Waals surface area contributed by atoms with Crippen LogP contribution in [0.1, 0.15) is 36.4 Å². The molecule has 0 aliphatic carbocycles. The molecule has 1 N–H and O–H groups in total. The quantitative estimate of drug-likeness (QED) is 0.819. The first-order chi connectivity index (χ1) is 12.7. The maximum atomic E-state index is 13.5. The number of hydrogen-bond acceptors (Lipinski definition) is 3. The Morgan fingerprint density at radius 1 is 1.04 bits per heavy atom. The Kier molecular flexibility index (Phi) is 5.00. The summed E-state index contributed by atoms with van der Waals surface area (Å²) in [5, 5.41) is 3.31. The average Bonchev–Trinajstić information content (AvgIpc) is 2.69. The predicted molar refractivity (Wildman–Crippen MR) is 103 cm³/mol. The van der Waals surface area contributed by atoms with Crippen molar-refractivity contribution in [3.63, 3.8) is 0 Å². The van der Waals surface area contributed by atoms with E-state index >= 15 is 0 Å². The fourth-order valence-electron chi connectivity index (χ4n) is 3.92. The van der Waals surface area contributed by atoms with E-state index in [1.54, 1.807) is 0 Å². The van der Waals surface area contributed by atoms with Crippen LogP contribution in [0.4, 0.5) is 0 Å². The van der Waals surface area contributed by atoms with E-state index in [-0.39, 0.29) is 11.9 Å². The lowest BCUT2D eigenvalue weighted by molar-refractivity contribution is -0.131. The third-order valence-electron chi connectivity index (χ3n) is 5.44. The zero-order valence-corrected chi connectivity index (χ0v) is 16.1. The number of nitrogens with one attached hydrogen (secondary N) is 1. The van der Waals surface area contributed by atoms with Crippen LogP contribution in [0.2, 0.25) is 0 Å². The van der Waals surface area contributed by atoms with E-state index in [4.69, 9.17) is 9.47 Å². The number of amides is 1. The Balaban J connectivity index is 1.63. The van der Waals surface area contributed by atoms with Crippen molar-refractivity contribution in [2.24, 2.45) is 0 Å². The Morgan fingerprint density at radius 3 is 2.54 bits per heavy atom. The van der Waals surface area contributed by atoms with Crippen LogP contribution in [0.3, 0.4) is 0 Å². The minimum atomic E-state index is -0.536. The molecule has 4 nitrogen and oxygen atoms in total. The van der Waals surface area contributed by atoms with E-state index in [2.05, 4.69) is 21.2 Å². The smallest absolute Gasteiger partial charge is 0.231 e. The molecule has 0 aromatic heterocycles. The first-order valence-electron chi connectivity index (χ1n) is 9.05. The van der Waals surface area contributed by atoms with Crippen molar-refractivity contribution < 1.29 is 14.3 Å². The highest BCUT2D eigenvalue weighted by Gasteiger charge is 2.42. The maximum Gasteiger partial charge on any atom is 0.231 e. The van der Waals surface area contributed by atoms with Crippen molar-refractivity contribution in [2.45, 2.75) is 30.7 Å². The third-order valence-corrected chi connectivity index (χ3v) is 5.97. The summed E-state index contributed by atoms with van der Waals surface area (Å²) < 4.78 is 12.3. The van der Waals surface area contributed by atoms with E-state index in [0.717, 1.165) is 27.8 Å². The number of para-hydroxylation sites is 1. The number of halogens is 1. The van der Waals surface area contributed by atoms with Gasteiger partial charge in [0.1, 0.15) is 5.75 Å². The summed E-state index contributed by atoms with van der Waals surface area (Å²) in [6, 6.07) is 16.0. The number of carbonyl (C=O) groups excluding carboxylic acids is 1. The molecule has 0 radical (unpaired) electrons. The van der Waals surface area contributed by atoms with E-state index < -0.39 is 5.41 Å². The van der Waals surface area contributed by atoms with Gasteiger partial charge >= 0.3 is 0 Å². The Morgan fingerprint density at radius 2 is 1.77 bits per heavy atom. The Labute approximate surface area is 162 Å². The number of carbonyl (C=O) groups is 1. The van der Waals surface area contributed by atoms with Gasteiger partial charge in [-0.15, -0.1) is 0 Å². The van der Waals surface area contributed by atoms with Gasteiger partial charge in [-0.3, -0.25) is 4.79 Å². The van der Waals surface area contributed by atoms with Crippen molar-refractivity contribution in [2.75, 3.05) is 19.8 Å².